The van der Waals surface area contributed by atoms with Crippen LogP contribution >= 0.6 is 7.14 Å². The van der Waals surface area contributed by atoms with Crippen LogP contribution in [-0.2, 0) is 4.57 Å². The van der Waals surface area contributed by atoms with Gasteiger partial charge in [0.15, 0.2) is 5.89 Å². The van der Waals surface area contributed by atoms with Crippen LogP contribution in [0.25, 0.3) is 0 Å². The Labute approximate surface area is 59.8 Å². The van der Waals surface area contributed by atoms with E-state index in [1.807, 2.05) is 0 Å². The van der Waals surface area contributed by atoms with Crippen molar-refractivity contribution in [1.29, 1.82) is 0 Å². The molecule has 1 aromatic heterocycles. The fourth-order valence-corrected chi connectivity index (χ4v) is 1.29. The van der Waals surface area contributed by atoms with Crippen LogP contribution in [0.1, 0.15) is 5.89 Å². The summed E-state index contributed by atoms with van der Waals surface area (Å²) in [5.74, 6) is 0.568. The fraction of sp³-hybridized carbons (Fsp3) is 0.500. The minimum atomic E-state index is -2.20. The molecule has 0 bridgehead atoms. The van der Waals surface area contributed by atoms with Crippen LogP contribution < -0.4 is 5.44 Å². The second-order valence-electron chi connectivity index (χ2n) is 2.58. The summed E-state index contributed by atoms with van der Waals surface area (Å²) in [6.07, 6.45) is 1.45. The Bertz CT molecular complexity index is 273. The monoisotopic (exact) mass is 159 g/mol. The minimum Gasteiger partial charge on any atom is -0.448 e. The van der Waals surface area contributed by atoms with Gasteiger partial charge in [-0.05, 0) is 13.3 Å². The standard InChI is InChI=1S/C6H10NO2P/c1-5-7-6(4-9-5)10(2,3)8/h4H,1-3H3. The molecule has 0 unspecified atom stereocenters. The van der Waals surface area contributed by atoms with E-state index >= 15 is 0 Å². The Kier molecular flexibility index (Phi) is 1.69. The average molecular weight is 159 g/mol. The van der Waals surface area contributed by atoms with E-state index in [0.29, 0.717) is 11.3 Å². The molecule has 56 valence electrons. The molecule has 0 amide bonds. The highest BCUT2D eigenvalue weighted by Gasteiger charge is 2.14. The van der Waals surface area contributed by atoms with Crippen molar-refractivity contribution in [3.63, 3.8) is 0 Å². The van der Waals surface area contributed by atoms with Crippen molar-refractivity contribution < 1.29 is 8.98 Å². The Hall–Kier alpha value is -0.560. The molecule has 10 heavy (non-hydrogen) atoms. The van der Waals surface area contributed by atoms with Crippen LogP contribution in [0.5, 0.6) is 0 Å². The summed E-state index contributed by atoms with van der Waals surface area (Å²) < 4.78 is 16.2. The summed E-state index contributed by atoms with van der Waals surface area (Å²) in [7, 11) is -2.20. The highest BCUT2D eigenvalue weighted by molar-refractivity contribution is 7.69. The predicted octanol–water partition coefficient (Wildman–Crippen LogP) is 1.23. The summed E-state index contributed by atoms with van der Waals surface area (Å²) in [5, 5.41) is 0. The Morgan fingerprint density at radius 1 is 1.60 bits per heavy atom. The van der Waals surface area contributed by atoms with Crippen molar-refractivity contribution in [1.82, 2.24) is 4.98 Å². The Morgan fingerprint density at radius 3 is 2.40 bits per heavy atom. The zero-order chi connectivity index (χ0) is 7.78. The molecule has 1 aromatic rings. The van der Waals surface area contributed by atoms with Crippen LogP contribution in [0.2, 0.25) is 0 Å². The van der Waals surface area contributed by atoms with Gasteiger partial charge in [0.1, 0.15) is 18.8 Å². The van der Waals surface area contributed by atoms with Gasteiger partial charge in [-0.3, -0.25) is 0 Å². The summed E-state index contributed by atoms with van der Waals surface area (Å²) in [6, 6.07) is 0. The molecule has 0 fully saturated rings. The van der Waals surface area contributed by atoms with Gasteiger partial charge in [-0.1, -0.05) is 0 Å². The van der Waals surface area contributed by atoms with Gasteiger partial charge in [-0.25, -0.2) is 4.98 Å². The topological polar surface area (TPSA) is 43.1 Å². The molecule has 0 aliphatic rings. The van der Waals surface area contributed by atoms with E-state index in [0.717, 1.165) is 0 Å². The normalized spacial score (nSPS) is 11.9. The number of oxazole rings is 1. The van der Waals surface area contributed by atoms with E-state index in [1.54, 1.807) is 20.3 Å². The molecule has 3 nitrogen and oxygen atoms in total. The van der Waals surface area contributed by atoms with Crippen molar-refractivity contribution in [2.75, 3.05) is 13.3 Å². The largest absolute Gasteiger partial charge is 0.448 e. The van der Waals surface area contributed by atoms with Crippen molar-refractivity contribution in [2.24, 2.45) is 0 Å². The molecule has 0 aliphatic carbocycles. The van der Waals surface area contributed by atoms with Crippen molar-refractivity contribution in [3.8, 4) is 0 Å². The molecule has 0 spiro atoms. The maximum atomic E-state index is 11.3. The second kappa shape index (κ2) is 2.24. The molecular weight excluding hydrogens is 149 g/mol. The molecule has 0 aromatic carbocycles. The fourth-order valence-electron chi connectivity index (χ4n) is 0.599. The van der Waals surface area contributed by atoms with Gasteiger partial charge in [-0.15, -0.1) is 0 Å². The van der Waals surface area contributed by atoms with E-state index in [2.05, 4.69) is 4.98 Å². The van der Waals surface area contributed by atoms with Crippen molar-refractivity contribution in [3.05, 3.63) is 12.2 Å². The van der Waals surface area contributed by atoms with Crippen molar-refractivity contribution >= 4 is 12.6 Å². The number of aromatic nitrogens is 1. The molecule has 0 aliphatic heterocycles. The van der Waals surface area contributed by atoms with Crippen LogP contribution in [0.4, 0.5) is 0 Å². The molecule has 0 atom stereocenters. The third kappa shape index (κ3) is 1.48. The summed E-state index contributed by atoms with van der Waals surface area (Å²) in [4.78, 5) is 3.95. The van der Waals surface area contributed by atoms with Gasteiger partial charge in [0.05, 0.1) is 0 Å². The second-order valence-corrected chi connectivity index (χ2v) is 5.74. The maximum Gasteiger partial charge on any atom is 0.191 e. The zero-order valence-corrected chi connectivity index (χ0v) is 7.18. The number of hydrogen-bond acceptors (Lipinski definition) is 3. The lowest BCUT2D eigenvalue weighted by atomic mass is 10.8. The van der Waals surface area contributed by atoms with Crippen LogP contribution in [0.15, 0.2) is 10.7 Å². The van der Waals surface area contributed by atoms with E-state index in [4.69, 9.17) is 4.42 Å². The number of aryl methyl sites for hydroxylation is 1. The van der Waals surface area contributed by atoms with E-state index < -0.39 is 7.14 Å². The van der Waals surface area contributed by atoms with Crippen molar-refractivity contribution in [2.45, 2.75) is 6.92 Å². The summed E-state index contributed by atoms with van der Waals surface area (Å²) in [5.41, 5.74) is 0.574. The van der Waals surface area contributed by atoms with Gasteiger partial charge in [0, 0.05) is 6.92 Å². The van der Waals surface area contributed by atoms with Gasteiger partial charge < -0.3 is 8.98 Å². The molecule has 0 radical (unpaired) electrons. The SMILES string of the molecule is Cc1nc(P(C)(C)=O)co1. The van der Waals surface area contributed by atoms with Gasteiger partial charge in [0.2, 0.25) is 0 Å². The Morgan fingerprint density at radius 2 is 2.20 bits per heavy atom. The molecule has 1 rings (SSSR count). The molecule has 4 heteroatoms. The van der Waals surface area contributed by atoms with Gasteiger partial charge in [0.25, 0.3) is 0 Å². The maximum absolute atomic E-state index is 11.3. The van der Waals surface area contributed by atoms with Gasteiger partial charge >= 0.3 is 0 Å². The lowest BCUT2D eigenvalue weighted by Crippen LogP contribution is -2.02. The quantitative estimate of drug-likeness (QED) is 0.579. The molecule has 0 saturated carbocycles. The summed E-state index contributed by atoms with van der Waals surface area (Å²) in [6.45, 7) is 5.08. The third-order valence-corrected chi connectivity index (χ3v) is 2.47. The minimum absolute atomic E-state index is 0.568. The Balaban J connectivity index is 3.08. The first-order chi connectivity index (χ1) is 4.50. The molecule has 0 N–H and O–H groups in total. The lowest BCUT2D eigenvalue weighted by molar-refractivity contribution is 0.521. The highest BCUT2D eigenvalue weighted by atomic mass is 31.2. The van der Waals surface area contributed by atoms with E-state index in [1.165, 1.54) is 6.26 Å². The number of hydrogen-bond donors (Lipinski definition) is 0. The third-order valence-electron chi connectivity index (χ3n) is 1.16. The van der Waals surface area contributed by atoms with E-state index in [9.17, 15) is 4.57 Å². The summed E-state index contributed by atoms with van der Waals surface area (Å²) >= 11 is 0. The highest BCUT2D eigenvalue weighted by Crippen LogP contribution is 2.33. The van der Waals surface area contributed by atoms with Crippen LogP contribution in [-0.4, -0.2) is 18.3 Å². The zero-order valence-electron chi connectivity index (χ0n) is 6.29. The number of rotatable bonds is 1. The first-order valence-corrected chi connectivity index (χ1v) is 5.58. The van der Waals surface area contributed by atoms with Crippen LogP contribution in [0.3, 0.4) is 0 Å². The smallest absolute Gasteiger partial charge is 0.191 e. The first-order valence-electron chi connectivity index (χ1n) is 2.98. The van der Waals surface area contributed by atoms with Gasteiger partial charge in [-0.2, -0.15) is 0 Å². The number of nitrogens with zero attached hydrogens (tertiary/aromatic N) is 1. The average Bonchev–Trinajstić information content (AvgIpc) is 2.11. The molecule has 0 saturated heterocycles. The van der Waals surface area contributed by atoms with Crippen LogP contribution in [0, 0.1) is 6.92 Å². The van der Waals surface area contributed by atoms with E-state index in [-0.39, 0.29) is 0 Å². The predicted molar refractivity (Wildman–Crippen MR) is 40.3 cm³/mol. The first kappa shape index (κ1) is 7.55. The lowest BCUT2D eigenvalue weighted by Gasteiger charge is -1.97. The molecular formula is C6H10NO2P. The molecule has 1 heterocycles.